The second-order valence-corrected chi connectivity index (χ2v) is 18.2. The third-order valence-corrected chi connectivity index (χ3v) is 14.3. The molecule has 9 aromatic carbocycles. The van der Waals surface area contributed by atoms with Gasteiger partial charge in [0.25, 0.3) is 0 Å². The molecule has 0 N–H and O–H groups in total. The lowest BCUT2D eigenvalue weighted by atomic mass is 9.80. The molecule has 1 saturated carbocycles. The number of hydrogen-bond acceptors (Lipinski definition) is 2. The smallest absolute Gasteiger partial charge is 0.135 e. The van der Waals surface area contributed by atoms with Gasteiger partial charge >= 0.3 is 0 Å². The average molecular weight is 812 g/mol. The first-order valence-corrected chi connectivity index (χ1v) is 22.8. The van der Waals surface area contributed by atoms with E-state index in [-0.39, 0.29) is 5.41 Å². The highest BCUT2D eigenvalue weighted by molar-refractivity contribution is 6.07. The van der Waals surface area contributed by atoms with E-state index in [9.17, 15) is 0 Å². The van der Waals surface area contributed by atoms with Crippen molar-refractivity contribution in [1.82, 2.24) is 0 Å². The number of fused-ring (bicyclic) bond motifs is 7. The van der Waals surface area contributed by atoms with Crippen molar-refractivity contribution in [3.8, 4) is 44.5 Å². The molecule has 0 aliphatic heterocycles. The molecule has 2 aliphatic rings. The van der Waals surface area contributed by atoms with Crippen LogP contribution in [0.2, 0.25) is 0 Å². The van der Waals surface area contributed by atoms with Gasteiger partial charge < -0.3 is 9.32 Å². The second-order valence-electron chi connectivity index (χ2n) is 18.2. The maximum atomic E-state index is 6.18. The van der Waals surface area contributed by atoms with Gasteiger partial charge in [-0.2, -0.15) is 0 Å². The molecule has 0 bridgehead atoms. The van der Waals surface area contributed by atoms with Crippen molar-refractivity contribution < 1.29 is 4.42 Å². The van der Waals surface area contributed by atoms with E-state index in [0.717, 1.165) is 39.0 Å². The van der Waals surface area contributed by atoms with Crippen molar-refractivity contribution >= 4 is 49.8 Å². The first-order chi connectivity index (χ1) is 31.0. The van der Waals surface area contributed by atoms with E-state index >= 15 is 0 Å². The molecule has 0 unspecified atom stereocenters. The number of furan rings is 1. The van der Waals surface area contributed by atoms with Crippen LogP contribution in [0.3, 0.4) is 0 Å². The van der Waals surface area contributed by atoms with Gasteiger partial charge in [0.15, 0.2) is 0 Å². The fourth-order valence-corrected chi connectivity index (χ4v) is 11.2. The standard InChI is InChI=1S/C61H49NO/c1-61(2)54-25-9-6-21-52(54)60-48(23-14-26-55(60)61)42-31-36-46(37-32-42)62(45-34-29-40(30-35-45)44-33-38-58-53(39-44)50-20-8-11-28-57(50)63-58)56-27-10-7-19-49(56)51-24-13-18-43-17-12-22-47(59(43)51)41-15-4-3-5-16-41/h6-14,17-39,41H,3-5,15-16H2,1-2H3. The zero-order chi connectivity index (χ0) is 42.1. The number of nitrogens with zero attached hydrogens (tertiary/aromatic N) is 1. The average Bonchev–Trinajstić information content (AvgIpc) is 3.83. The molecule has 0 spiro atoms. The number of para-hydroxylation sites is 2. The zero-order valence-corrected chi connectivity index (χ0v) is 35.9. The third kappa shape index (κ3) is 6.22. The SMILES string of the molecule is CC1(C)c2ccccc2-c2c(-c3ccc(N(c4ccc(-c5ccc6oc7ccccc7c6c5)cc4)c4ccccc4-c4cccc5cccc(C6CCCCC6)c45)cc3)cccc21. The van der Waals surface area contributed by atoms with Crippen LogP contribution < -0.4 is 4.90 Å². The van der Waals surface area contributed by atoms with Gasteiger partial charge in [0.2, 0.25) is 0 Å². The molecular weight excluding hydrogens is 763 g/mol. The van der Waals surface area contributed by atoms with E-state index in [1.54, 1.807) is 0 Å². The van der Waals surface area contributed by atoms with Crippen LogP contribution in [-0.4, -0.2) is 0 Å². The van der Waals surface area contributed by atoms with Gasteiger partial charge in [0, 0.05) is 33.1 Å². The van der Waals surface area contributed by atoms with Crippen molar-refractivity contribution in [3.63, 3.8) is 0 Å². The van der Waals surface area contributed by atoms with Gasteiger partial charge in [0.05, 0.1) is 5.69 Å². The van der Waals surface area contributed by atoms with Crippen molar-refractivity contribution in [2.75, 3.05) is 4.90 Å². The molecule has 2 aliphatic carbocycles. The molecule has 1 heterocycles. The largest absolute Gasteiger partial charge is 0.456 e. The van der Waals surface area contributed by atoms with Gasteiger partial charge in [-0.3, -0.25) is 0 Å². The first kappa shape index (κ1) is 37.6. The second kappa shape index (κ2) is 15.0. The summed E-state index contributed by atoms with van der Waals surface area (Å²) in [6.45, 7) is 4.72. The lowest BCUT2D eigenvalue weighted by molar-refractivity contribution is 0.445. The molecule has 0 saturated heterocycles. The molecular formula is C61H49NO. The summed E-state index contributed by atoms with van der Waals surface area (Å²) in [7, 11) is 0. The molecule has 1 aromatic heterocycles. The van der Waals surface area contributed by atoms with Crippen LogP contribution in [0, 0.1) is 0 Å². The van der Waals surface area contributed by atoms with Crippen molar-refractivity contribution in [2.24, 2.45) is 0 Å². The van der Waals surface area contributed by atoms with Gasteiger partial charge in [-0.25, -0.2) is 0 Å². The van der Waals surface area contributed by atoms with Crippen LogP contribution >= 0.6 is 0 Å². The minimum absolute atomic E-state index is 0.0505. The summed E-state index contributed by atoms with van der Waals surface area (Å²) in [5, 5.41) is 4.99. The predicted molar refractivity (Wildman–Crippen MR) is 266 cm³/mol. The summed E-state index contributed by atoms with van der Waals surface area (Å²) >= 11 is 0. The fourth-order valence-electron chi connectivity index (χ4n) is 11.2. The number of benzene rings is 9. The Bertz CT molecular complexity index is 3340. The Balaban J connectivity index is 1.00. The van der Waals surface area contributed by atoms with E-state index in [1.807, 2.05) is 12.1 Å². The molecule has 2 heteroatoms. The van der Waals surface area contributed by atoms with E-state index in [2.05, 4.69) is 201 Å². The van der Waals surface area contributed by atoms with Crippen LogP contribution in [0.15, 0.2) is 199 Å². The lowest BCUT2D eigenvalue weighted by Crippen LogP contribution is -2.14. The van der Waals surface area contributed by atoms with Crippen LogP contribution in [0.25, 0.3) is 77.2 Å². The highest BCUT2D eigenvalue weighted by atomic mass is 16.3. The molecule has 63 heavy (non-hydrogen) atoms. The molecule has 0 radical (unpaired) electrons. The Labute approximate surface area is 370 Å². The summed E-state index contributed by atoms with van der Waals surface area (Å²) in [6.07, 6.45) is 6.48. The van der Waals surface area contributed by atoms with E-state index < -0.39 is 0 Å². The van der Waals surface area contributed by atoms with Gasteiger partial charge in [0.1, 0.15) is 11.2 Å². The summed E-state index contributed by atoms with van der Waals surface area (Å²) in [5.41, 5.74) is 19.5. The fraction of sp³-hybridized carbons (Fsp3) is 0.148. The highest BCUT2D eigenvalue weighted by Gasteiger charge is 2.36. The summed E-state index contributed by atoms with van der Waals surface area (Å²) < 4.78 is 6.18. The van der Waals surface area contributed by atoms with Crippen molar-refractivity contribution in [2.45, 2.75) is 57.3 Å². The normalized spacial score (nSPS) is 14.6. The Morgan fingerprint density at radius 3 is 1.87 bits per heavy atom. The maximum Gasteiger partial charge on any atom is 0.135 e. The molecule has 10 aromatic rings. The van der Waals surface area contributed by atoms with Crippen LogP contribution in [0.4, 0.5) is 17.1 Å². The van der Waals surface area contributed by atoms with E-state index in [1.165, 1.54) is 104 Å². The molecule has 12 rings (SSSR count). The van der Waals surface area contributed by atoms with Crippen LogP contribution in [0.1, 0.15) is 68.6 Å². The van der Waals surface area contributed by atoms with Crippen LogP contribution in [0.5, 0.6) is 0 Å². The Morgan fingerprint density at radius 1 is 0.460 bits per heavy atom. The van der Waals surface area contributed by atoms with Gasteiger partial charge in [-0.05, 0) is 134 Å². The minimum atomic E-state index is -0.0505. The van der Waals surface area contributed by atoms with E-state index in [0.29, 0.717) is 5.92 Å². The van der Waals surface area contributed by atoms with Gasteiger partial charge in [-0.15, -0.1) is 0 Å². The van der Waals surface area contributed by atoms with Crippen molar-refractivity contribution in [1.29, 1.82) is 0 Å². The zero-order valence-electron chi connectivity index (χ0n) is 35.9. The predicted octanol–water partition coefficient (Wildman–Crippen LogP) is 17.6. The monoisotopic (exact) mass is 811 g/mol. The lowest BCUT2D eigenvalue weighted by Gasteiger charge is -2.29. The quantitative estimate of drug-likeness (QED) is 0.159. The third-order valence-electron chi connectivity index (χ3n) is 14.3. The maximum absolute atomic E-state index is 6.18. The van der Waals surface area contributed by atoms with E-state index in [4.69, 9.17) is 4.42 Å². The number of rotatable bonds is 7. The molecule has 304 valence electrons. The molecule has 1 fully saturated rings. The summed E-state index contributed by atoms with van der Waals surface area (Å²) in [4.78, 5) is 2.46. The molecule has 2 nitrogen and oxygen atoms in total. The Morgan fingerprint density at radius 2 is 1.06 bits per heavy atom. The Hall–Kier alpha value is -7.16. The van der Waals surface area contributed by atoms with Gasteiger partial charge in [-0.1, -0.05) is 179 Å². The highest BCUT2D eigenvalue weighted by Crippen LogP contribution is 2.52. The van der Waals surface area contributed by atoms with Crippen LogP contribution in [-0.2, 0) is 5.41 Å². The number of anilines is 3. The first-order valence-electron chi connectivity index (χ1n) is 22.8. The summed E-state index contributed by atoms with van der Waals surface area (Å²) in [5.74, 6) is 0.586. The molecule has 0 atom stereocenters. The molecule has 0 amide bonds. The summed E-state index contributed by atoms with van der Waals surface area (Å²) in [6, 6.07) is 72.0. The van der Waals surface area contributed by atoms with Crippen molar-refractivity contribution in [3.05, 3.63) is 211 Å². The number of hydrogen-bond donors (Lipinski definition) is 0. The minimum Gasteiger partial charge on any atom is -0.456 e. The Kier molecular flexibility index (Phi) is 8.97. The topological polar surface area (TPSA) is 16.4 Å².